The lowest BCUT2D eigenvalue weighted by Gasteiger charge is -2.12. The fourth-order valence-corrected chi connectivity index (χ4v) is 4.38. The lowest BCUT2D eigenvalue weighted by Crippen LogP contribution is -2.30. The Morgan fingerprint density at radius 3 is 2.44 bits per heavy atom. The van der Waals surface area contributed by atoms with Crippen molar-refractivity contribution in [1.29, 1.82) is 0 Å². The zero-order valence-electron chi connectivity index (χ0n) is 17.9. The summed E-state index contributed by atoms with van der Waals surface area (Å²) >= 11 is 13.0. The Labute approximate surface area is 210 Å². The number of pyridine rings is 1. The van der Waals surface area contributed by atoms with Gasteiger partial charge in [0, 0.05) is 6.07 Å². The maximum Gasteiger partial charge on any atom is 0.365 e. The Bertz CT molecular complexity index is 1880. The van der Waals surface area contributed by atoms with Crippen LogP contribution in [0.5, 0.6) is 0 Å². The molecule has 0 aliphatic heterocycles. The third-order valence-corrected chi connectivity index (χ3v) is 5.91. The van der Waals surface area contributed by atoms with Crippen LogP contribution >= 0.6 is 23.2 Å². The van der Waals surface area contributed by atoms with E-state index in [1.54, 1.807) is 18.2 Å². The molecule has 5 rings (SSSR count). The van der Waals surface area contributed by atoms with Crippen LogP contribution in [0.3, 0.4) is 0 Å². The van der Waals surface area contributed by atoms with Crippen molar-refractivity contribution in [2.75, 3.05) is 0 Å². The van der Waals surface area contributed by atoms with Gasteiger partial charge in [-0.05, 0) is 41.0 Å². The Balaban J connectivity index is 1.64. The van der Waals surface area contributed by atoms with Crippen LogP contribution in [-0.2, 0) is 6.54 Å². The summed E-state index contributed by atoms with van der Waals surface area (Å²) in [7, 11) is 0. The molecule has 0 unspecified atom stereocenters. The van der Waals surface area contributed by atoms with Gasteiger partial charge in [0.15, 0.2) is 0 Å². The van der Waals surface area contributed by atoms with Gasteiger partial charge >= 0.3 is 11.5 Å². The van der Waals surface area contributed by atoms with Crippen molar-refractivity contribution in [3.8, 4) is 11.4 Å². The first-order valence-electron chi connectivity index (χ1n) is 10.2. The van der Waals surface area contributed by atoms with Gasteiger partial charge in [-0.15, -0.1) is 4.68 Å². The number of benzene rings is 2. The third-order valence-electron chi connectivity index (χ3n) is 5.33. The molecule has 0 spiro atoms. The number of aromatic nitrogens is 6. The fraction of sp³-hybridized carbons (Fsp3) is 0.0435. The van der Waals surface area contributed by atoms with Gasteiger partial charge < -0.3 is 9.41 Å². The van der Waals surface area contributed by atoms with Crippen LogP contribution in [0.1, 0.15) is 5.56 Å². The summed E-state index contributed by atoms with van der Waals surface area (Å²) in [4.78, 5) is 41.5. The first-order valence-corrected chi connectivity index (χ1v) is 11.0. The highest BCUT2D eigenvalue weighted by Gasteiger charge is 2.19. The van der Waals surface area contributed by atoms with E-state index < -0.39 is 22.9 Å². The zero-order valence-corrected chi connectivity index (χ0v) is 19.5. The summed E-state index contributed by atoms with van der Waals surface area (Å²) in [5.74, 6) is -0.943. The van der Waals surface area contributed by atoms with Crippen LogP contribution in [0.4, 0.5) is 10.2 Å². The quantitative estimate of drug-likeness (QED) is 0.362. The monoisotopic (exact) mass is 523 g/mol. The van der Waals surface area contributed by atoms with E-state index in [2.05, 4.69) is 15.0 Å². The highest BCUT2D eigenvalue weighted by molar-refractivity contribution is 6.38. The standard InChI is InChI=1S/C23H12Cl2FN7O3/c1-27-21-22(35)29-23(36)32(30-21)14-8-15(24)20(16(25)9-14)33-17-5-6-19(34)31(18(17)10-28-33)11-12-3-2-4-13(26)7-12/h2-10H,11H2,(H,29,35,36). The predicted octanol–water partition coefficient (Wildman–Crippen LogP) is 3.47. The number of H-pyrrole nitrogens is 1. The summed E-state index contributed by atoms with van der Waals surface area (Å²) in [6.07, 6.45) is 1.46. The van der Waals surface area contributed by atoms with Gasteiger partial charge in [0.2, 0.25) is 0 Å². The summed E-state index contributed by atoms with van der Waals surface area (Å²) in [6.45, 7) is 7.15. The maximum atomic E-state index is 13.7. The van der Waals surface area contributed by atoms with E-state index in [1.165, 1.54) is 45.8 Å². The van der Waals surface area contributed by atoms with E-state index in [0.717, 1.165) is 4.68 Å². The smallest absolute Gasteiger partial charge is 0.354 e. The molecule has 0 radical (unpaired) electrons. The molecular weight excluding hydrogens is 512 g/mol. The minimum atomic E-state index is -0.910. The molecule has 3 aromatic heterocycles. The van der Waals surface area contributed by atoms with Crippen LogP contribution in [0, 0.1) is 12.4 Å². The van der Waals surface area contributed by atoms with Gasteiger partial charge in [-0.3, -0.25) is 14.6 Å². The molecule has 10 nitrogen and oxygen atoms in total. The molecule has 0 aliphatic rings. The summed E-state index contributed by atoms with van der Waals surface area (Å²) in [5.41, 5.74) is -0.172. The minimum absolute atomic E-state index is 0.0784. The average Bonchev–Trinajstić information content (AvgIpc) is 3.24. The highest BCUT2D eigenvalue weighted by Crippen LogP contribution is 2.33. The van der Waals surface area contributed by atoms with E-state index in [1.807, 2.05) is 4.98 Å². The maximum absolute atomic E-state index is 13.7. The molecule has 0 aliphatic carbocycles. The van der Waals surface area contributed by atoms with Crippen molar-refractivity contribution in [2.24, 2.45) is 0 Å². The number of aromatic amines is 1. The van der Waals surface area contributed by atoms with Gasteiger partial charge in [-0.25, -0.2) is 13.9 Å². The minimum Gasteiger partial charge on any atom is -0.354 e. The lowest BCUT2D eigenvalue weighted by molar-refractivity contribution is 0.623. The molecule has 36 heavy (non-hydrogen) atoms. The Morgan fingerprint density at radius 2 is 1.75 bits per heavy atom. The van der Waals surface area contributed by atoms with Gasteiger partial charge in [0.1, 0.15) is 11.5 Å². The Morgan fingerprint density at radius 1 is 1.00 bits per heavy atom. The second kappa shape index (κ2) is 8.92. The first-order chi connectivity index (χ1) is 17.3. The molecule has 0 saturated heterocycles. The van der Waals surface area contributed by atoms with E-state index >= 15 is 0 Å². The van der Waals surface area contributed by atoms with Crippen molar-refractivity contribution in [3.05, 3.63) is 119 Å². The Kier molecular flexibility index (Phi) is 5.75. The second-order valence-electron chi connectivity index (χ2n) is 7.58. The van der Waals surface area contributed by atoms with Gasteiger partial charge in [0.05, 0.1) is 39.5 Å². The number of halogens is 3. The number of hydrogen-bond donors (Lipinski definition) is 1. The van der Waals surface area contributed by atoms with Crippen LogP contribution in [0.15, 0.2) is 69.1 Å². The SMILES string of the molecule is [C-]#[N+]c1nn(-c2cc(Cl)c(-n3ncc4c3ccc(=O)n4Cc3cccc(F)c3)c(Cl)c2)c(=O)[nH]c1=O. The number of nitrogens with zero attached hydrogens (tertiary/aromatic N) is 6. The Hall–Kier alpha value is -4.53. The fourth-order valence-electron chi connectivity index (χ4n) is 3.75. The zero-order chi connectivity index (χ0) is 25.6. The molecule has 3 heterocycles. The van der Waals surface area contributed by atoms with Crippen molar-refractivity contribution >= 4 is 40.1 Å². The van der Waals surface area contributed by atoms with E-state index in [-0.39, 0.29) is 33.5 Å². The van der Waals surface area contributed by atoms with Crippen molar-refractivity contribution in [3.63, 3.8) is 0 Å². The first kappa shape index (κ1) is 23.2. The molecule has 5 aromatic rings. The molecule has 0 bridgehead atoms. The molecule has 0 amide bonds. The van der Waals surface area contributed by atoms with Crippen molar-refractivity contribution in [2.45, 2.75) is 6.54 Å². The van der Waals surface area contributed by atoms with Gasteiger partial charge in [0.25, 0.3) is 11.1 Å². The summed E-state index contributed by atoms with van der Waals surface area (Å²) in [5, 5.41) is 8.26. The molecule has 13 heteroatoms. The van der Waals surface area contributed by atoms with E-state index in [4.69, 9.17) is 29.8 Å². The van der Waals surface area contributed by atoms with E-state index in [0.29, 0.717) is 16.6 Å². The van der Waals surface area contributed by atoms with Crippen LogP contribution < -0.4 is 16.8 Å². The predicted molar refractivity (Wildman–Crippen MR) is 131 cm³/mol. The largest absolute Gasteiger partial charge is 0.365 e. The molecule has 178 valence electrons. The molecule has 0 saturated carbocycles. The van der Waals surface area contributed by atoms with Gasteiger partial charge in [-0.2, -0.15) is 5.10 Å². The normalized spacial score (nSPS) is 11.1. The van der Waals surface area contributed by atoms with Crippen molar-refractivity contribution < 1.29 is 4.39 Å². The summed E-state index contributed by atoms with van der Waals surface area (Å²) in [6, 6.07) is 11.6. The topological polar surface area (TPSA) is 112 Å². The van der Waals surface area contributed by atoms with Crippen LogP contribution in [0.25, 0.3) is 27.3 Å². The number of rotatable bonds is 4. The van der Waals surface area contributed by atoms with Crippen LogP contribution in [0.2, 0.25) is 10.0 Å². The third kappa shape index (κ3) is 3.98. The van der Waals surface area contributed by atoms with Crippen LogP contribution in [-0.4, -0.2) is 29.1 Å². The second-order valence-corrected chi connectivity index (χ2v) is 8.39. The number of nitrogens with one attached hydrogen (secondary N) is 1. The molecule has 0 fully saturated rings. The average molecular weight is 524 g/mol. The molecular formula is C23H12Cl2FN7O3. The number of hydrogen-bond acceptors (Lipinski definition) is 5. The highest BCUT2D eigenvalue weighted by atomic mass is 35.5. The molecule has 0 atom stereocenters. The molecule has 1 N–H and O–H groups in total. The van der Waals surface area contributed by atoms with Gasteiger partial charge in [-0.1, -0.05) is 41.9 Å². The summed E-state index contributed by atoms with van der Waals surface area (Å²) < 4.78 is 17.3. The van der Waals surface area contributed by atoms with Crippen molar-refractivity contribution in [1.82, 2.24) is 29.1 Å². The molecule has 2 aromatic carbocycles. The number of fused-ring (bicyclic) bond motifs is 1. The lowest BCUT2D eigenvalue weighted by atomic mass is 10.2. The van der Waals surface area contributed by atoms with E-state index in [9.17, 15) is 18.8 Å².